The van der Waals surface area contributed by atoms with Crippen molar-refractivity contribution in [1.82, 2.24) is 4.90 Å². The summed E-state index contributed by atoms with van der Waals surface area (Å²) in [4.78, 5) is 2.35. The molecule has 1 aromatic carbocycles. The SMILES string of the molecule is CCOc1cc(CN2CCCC(CN)C2)ccc1OC(F)F. The van der Waals surface area contributed by atoms with Crippen molar-refractivity contribution in [3.63, 3.8) is 0 Å². The van der Waals surface area contributed by atoms with Crippen LogP contribution in [0.2, 0.25) is 0 Å². The highest BCUT2D eigenvalue weighted by Gasteiger charge is 2.19. The number of hydrogen-bond acceptors (Lipinski definition) is 4. The molecule has 2 N–H and O–H groups in total. The van der Waals surface area contributed by atoms with Gasteiger partial charge in [0, 0.05) is 13.1 Å². The lowest BCUT2D eigenvalue weighted by Gasteiger charge is -2.32. The van der Waals surface area contributed by atoms with Crippen LogP contribution >= 0.6 is 0 Å². The van der Waals surface area contributed by atoms with Gasteiger partial charge in [0.15, 0.2) is 11.5 Å². The molecule has 1 heterocycles. The first-order valence-electron chi connectivity index (χ1n) is 7.75. The van der Waals surface area contributed by atoms with Gasteiger partial charge < -0.3 is 15.2 Å². The van der Waals surface area contributed by atoms with E-state index in [0.717, 1.165) is 31.6 Å². The van der Waals surface area contributed by atoms with Crippen LogP contribution in [-0.4, -0.2) is 37.8 Å². The Hall–Kier alpha value is -1.40. The Bertz CT molecular complexity index is 471. The second-order valence-corrected chi connectivity index (χ2v) is 5.57. The summed E-state index contributed by atoms with van der Waals surface area (Å²) in [5.74, 6) is 0.994. The van der Waals surface area contributed by atoms with Crippen molar-refractivity contribution in [3.05, 3.63) is 23.8 Å². The Balaban J connectivity index is 2.05. The fourth-order valence-corrected chi connectivity index (χ4v) is 2.86. The van der Waals surface area contributed by atoms with Gasteiger partial charge in [-0.05, 0) is 56.5 Å². The van der Waals surface area contributed by atoms with Crippen LogP contribution in [0.3, 0.4) is 0 Å². The third kappa shape index (κ3) is 4.81. The van der Waals surface area contributed by atoms with E-state index in [9.17, 15) is 8.78 Å². The summed E-state index contributed by atoms with van der Waals surface area (Å²) in [7, 11) is 0. The van der Waals surface area contributed by atoms with E-state index in [2.05, 4.69) is 9.64 Å². The fraction of sp³-hybridized carbons (Fsp3) is 0.625. The van der Waals surface area contributed by atoms with Gasteiger partial charge in [0.05, 0.1) is 6.61 Å². The van der Waals surface area contributed by atoms with Crippen LogP contribution < -0.4 is 15.2 Å². The van der Waals surface area contributed by atoms with Crippen molar-refractivity contribution in [2.75, 3.05) is 26.2 Å². The summed E-state index contributed by atoms with van der Waals surface area (Å²) in [6.07, 6.45) is 2.32. The Kier molecular flexibility index (Phi) is 6.39. The van der Waals surface area contributed by atoms with E-state index in [-0.39, 0.29) is 5.75 Å². The number of piperidine rings is 1. The van der Waals surface area contributed by atoms with Gasteiger partial charge in [-0.15, -0.1) is 0 Å². The summed E-state index contributed by atoms with van der Waals surface area (Å²) in [6.45, 7) is 2.87. The molecule has 1 atom stereocenters. The molecule has 1 unspecified atom stereocenters. The zero-order valence-electron chi connectivity index (χ0n) is 12.9. The predicted octanol–water partition coefficient (Wildman–Crippen LogP) is 2.86. The highest BCUT2D eigenvalue weighted by molar-refractivity contribution is 5.43. The summed E-state index contributed by atoms with van der Waals surface area (Å²) < 4.78 is 34.7. The number of rotatable bonds is 7. The van der Waals surface area contributed by atoms with E-state index in [1.165, 1.54) is 6.42 Å². The molecule has 1 aliphatic rings. The van der Waals surface area contributed by atoms with Crippen LogP contribution in [0.15, 0.2) is 18.2 Å². The zero-order chi connectivity index (χ0) is 15.9. The topological polar surface area (TPSA) is 47.7 Å². The number of alkyl halides is 2. The summed E-state index contributed by atoms with van der Waals surface area (Å²) >= 11 is 0. The molecular weight excluding hydrogens is 290 g/mol. The molecule has 0 aliphatic carbocycles. The van der Waals surface area contributed by atoms with Crippen molar-refractivity contribution in [3.8, 4) is 11.5 Å². The molecule has 0 amide bonds. The average molecular weight is 314 g/mol. The van der Waals surface area contributed by atoms with Gasteiger partial charge in [0.25, 0.3) is 0 Å². The zero-order valence-corrected chi connectivity index (χ0v) is 12.9. The molecule has 0 radical (unpaired) electrons. The largest absolute Gasteiger partial charge is 0.490 e. The van der Waals surface area contributed by atoms with Crippen molar-refractivity contribution >= 4 is 0 Å². The van der Waals surface area contributed by atoms with Gasteiger partial charge in [0.2, 0.25) is 0 Å². The van der Waals surface area contributed by atoms with Gasteiger partial charge >= 0.3 is 6.61 Å². The molecule has 0 spiro atoms. The van der Waals surface area contributed by atoms with Crippen molar-refractivity contribution < 1.29 is 18.3 Å². The lowest BCUT2D eigenvalue weighted by atomic mass is 9.98. The Labute approximate surface area is 130 Å². The molecule has 6 heteroatoms. The summed E-state index contributed by atoms with van der Waals surface area (Å²) in [5.41, 5.74) is 6.78. The second kappa shape index (κ2) is 8.29. The first kappa shape index (κ1) is 17.0. The molecule has 22 heavy (non-hydrogen) atoms. The van der Waals surface area contributed by atoms with Crippen LogP contribution in [0.25, 0.3) is 0 Å². The lowest BCUT2D eigenvalue weighted by molar-refractivity contribution is -0.0514. The Morgan fingerprint density at radius 3 is 2.86 bits per heavy atom. The van der Waals surface area contributed by atoms with Crippen LogP contribution in [-0.2, 0) is 6.54 Å². The third-order valence-corrected chi connectivity index (χ3v) is 3.87. The molecule has 124 valence electrons. The van der Waals surface area contributed by atoms with Gasteiger partial charge in [-0.1, -0.05) is 6.07 Å². The number of nitrogens with zero attached hydrogens (tertiary/aromatic N) is 1. The van der Waals surface area contributed by atoms with Gasteiger partial charge in [0.1, 0.15) is 0 Å². The molecular formula is C16H24F2N2O2. The maximum Gasteiger partial charge on any atom is 0.387 e. The predicted molar refractivity (Wildman–Crippen MR) is 81.3 cm³/mol. The van der Waals surface area contributed by atoms with E-state index < -0.39 is 6.61 Å². The number of likely N-dealkylation sites (tertiary alicyclic amines) is 1. The van der Waals surface area contributed by atoms with E-state index in [1.807, 2.05) is 13.0 Å². The first-order valence-corrected chi connectivity index (χ1v) is 7.75. The molecule has 1 saturated heterocycles. The molecule has 0 saturated carbocycles. The standard InChI is InChI=1S/C16H24F2N2O2/c1-2-21-15-8-12(5-6-14(15)22-16(17)18)10-20-7-3-4-13(9-19)11-20/h5-6,8,13,16H,2-4,7,9-11,19H2,1H3. The second-order valence-electron chi connectivity index (χ2n) is 5.57. The van der Waals surface area contributed by atoms with E-state index >= 15 is 0 Å². The van der Waals surface area contributed by atoms with Crippen LogP contribution in [0.1, 0.15) is 25.3 Å². The number of hydrogen-bond donors (Lipinski definition) is 1. The van der Waals surface area contributed by atoms with Crippen LogP contribution in [0.4, 0.5) is 8.78 Å². The molecule has 0 aromatic heterocycles. The van der Waals surface area contributed by atoms with Crippen molar-refractivity contribution in [2.24, 2.45) is 11.7 Å². The van der Waals surface area contributed by atoms with Crippen LogP contribution in [0.5, 0.6) is 11.5 Å². The highest BCUT2D eigenvalue weighted by atomic mass is 19.3. The quantitative estimate of drug-likeness (QED) is 0.841. The minimum atomic E-state index is -2.85. The van der Waals surface area contributed by atoms with E-state index in [4.69, 9.17) is 10.5 Å². The molecule has 1 aromatic rings. The van der Waals surface area contributed by atoms with Crippen molar-refractivity contribution in [1.29, 1.82) is 0 Å². The number of ether oxygens (including phenoxy) is 2. The van der Waals surface area contributed by atoms with Crippen molar-refractivity contribution in [2.45, 2.75) is 32.9 Å². The van der Waals surface area contributed by atoms with E-state index in [0.29, 0.717) is 24.8 Å². The molecule has 4 nitrogen and oxygen atoms in total. The first-order chi connectivity index (χ1) is 10.6. The van der Waals surface area contributed by atoms with Gasteiger partial charge in [-0.25, -0.2) is 0 Å². The summed E-state index contributed by atoms with van der Waals surface area (Å²) in [5, 5.41) is 0. The highest BCUT2D eigenvalue weighted by Crippen LogP contribution is 2.30. The lowest BCUT2D eigenvalue weighted by Crippen LogP contribution is -2.37. The molecule has 1 fully saturated rings. The molecule has 1 aliphatic heterocycles. The van der Waals surface area contributed by atoms with Crippen LogP contribution in [0, 0.1) is 5.92 Å². The van der Waals surface area contributed by atoms with E-state index in [1.54, 1.807) is 12.1 Å². The molecule has 0 bridgehead atoms. The normalized spacial score (nSPS) is 19.4. The number of nitrogens with two attached hydrogens (primary N) is 1. The molecule has 2 rings (SSSR count). The van der Waals surface area contributed by atoms with Gasteiger partial charge in [-0.2, -0.15) is 8.78 Å². The Morgan fingerprint density at radius 2 is 2.18 bits per heavy atom. The minimum absolute atomic E-state index is 0.0825. The minimum Gasteiger partial charge on any atom is -0.490 e. The third-order valence-electron chi connectivity index (χ3n) is 3.87. The Morgan fingerprint density at radius 1 is 1.36 bits per heavy atom. The van der Waals surface area contributed by atoms with Gasteiger partial charge in [-0.3, -0.25) is 4.90 Å². The maximum absolute atomic E-state index is 12.4. The summed E-state index contributed by atoms with van der Waals surface area (Å²) in [6, 6.07) is 5.15. The number of halogens is 2. The fourth-order valence-electron chi connectivity index (χ4n) is 2.86. The maximum atomic E-state index is 12.4. The smallest absolute Gasteiger partial charge is 0.387 e. The monoisotopic (exact) mass is 314 g/mol. The number of benzene rings is 1. The average Bonchev–Trinajstić information content (AvgIpc) is 2.50.